The number of nitrogens with one attached hydrogen (secondary N) is 1. The lowest BCUT2D eigenvalue weighted by atomic mass is 10.3. The van der Waals surface area contributed by atoms with Gasteiger partial charge in [-0.15, -0.1) is 11.8 Å². The van der Waals surface area contributed by atoms with Gasteiger partial charge in [-0.25, -0.2) is 8.78 Å². The van der Waals surface area contributed by atoms with Crippen LogP contribution in [0.5, 0.6) is 0 Å². The zero-order valence-electron chi connectivity index (χ0n) is 9.33. The molecule has 3 nitrogen and oxygen atoms in total. The summed E-state index contributed by atoms with van der Waals surface area (Å²) in [6.45, 7) is -2.11. The predicted octanol–water partition coefficient (Wildman–Crippen LogP) is 2.29. The van der Waals surface area contributed by atoms with Gasteiger partial charge in [0, 0.05) is 9.37 Å². The molecule has 7 heteroatoms. The molecule has 100 valence electrons. The Kier molecular flexibility index (Phi) is 6.04. The highest BCUT2D eigenvalue weighted by Crippen LogP contribution is 2.20. The molecule has 0 fully saturated rings. The number of carbonyl (C=O) groups is 1. The van der Waals surface area contributed by atoms with Crippen LogP contribution in [0, 0.1) is 0 Å². The van der Waals surface area contributed by atoms with Crippen LogP contribution in [0.25, 0.3) is 0 Å². The van der Waals surface area contributed by atoms with Crippen LogP contribution in [0.1, 0.15) is 0 Å². The van der Waals surface area contributed by atoms with Crippen LogP contribution in [0.4, 0.5) is 8.78 Å². The lowest BCUT2D eigenvalue weighted by Gasteiger charge is -2.13. The second-order valence-corrected chi connectivity index (χ2v) is 5.50. The summed E-state index contributed by atoms with van der Waals surface area (Å²) in [5, 5.41) is 10.4. The summed E-state index contributed by atoms with van der Waals surface area (Å²) in [7, 11) is 0. The Morgan fingerprint density at radius 3 is 2.56 bits per heavy atom. The van der Waals surface area contributed by atoms with Gasteiger partial charge in [0.15, 0.2) is 0 Å². The molecule has 0 unspecified atom stereocenters. The third kappa shape index (κ3) is 5.79. The normalized spacial score (nSPS) is 11.3. The third-order valence-corrected chi connectivity index (χ3v) is 3.50. The lowest BCUT2D eigenvalue weighted by Crippen LogP contribution is -2.39. The molecule has 0 atom stereocenters. The molecule has 0 aliphatic heterocycles. The van der Waals surface area contributed by atoms with Gasteiger partial charge in [-0.3, -0.25) is 4.79 Å². The van der Waals surface area contributed by atoms with E-state index in [0.29, 0.717) is 0 Å². The average Bonchev–Trinajstić information content (AvgIpc) is 2.36. The third-order valence-electron chi connectivity index (χ3n) is 1.96. The minimum absolute atomic E-state index is 0.0587. The molecule has 0 radical (unpaired) electrons. The molecule has 0 aliphatic carbocycles. The zero-order valence-corrected chi connectivity index (χ0v) is 11.7. The molecule has 0 spiro atoms. The SMILES string of the molecule is O=C(CSc1ccc(Br)cc1)NCC(F)(F)CO. The van der Waals surface area contributed by atoms with E-state index < -0.39 is 25.0 Å². The Balaban J connectivity index is 2.31. The summed E-state index contributed by atoms with van der Waals surface area (Å²) in [6, 6.07) is 7.31. The fraction of sp³-hybridized carbons (Fsp3) is 0.364. The molecule has 1 aromatic rings. The molecule has 0 saturated heterocycles. The van der Waals surface area contributed by atoms with E-state index in [4.69, 9.17) is 5.11 Å². The number of amides is 1. The van der Waals surface area contributed by atoms with E-state index in [1.54, 1.807) is 0 Å². The molecule has 1 aromatic carbocycles. The van der Waals surface area contributed by atoms with Gasteiger partial charge in [-0.05, 0) is 24.3 Å². The summed E-state index contributed by atoms with van der Waals surface area (Å²) in [4.78, 5) is 12.2. The van der Waals surface area contributed by atoms with E-state index in [2.05, 4.69) is 21.2 Å². The number of hydrogen-bond acceptors (Lipinski definition) is 3. The van der Waals surface area contributed by atoms with Gasteiger partial charge in [-0.2, -0.15) is 0 Å². The molecular weight excluding hydrogens is 328 g/mol. The Morgan fingerprint density at radius 1 is 1.39 bits per heavy atom. The van der Waals surface area contributed by atoms with Crippen LogP contribution in [-0.2, 0) is 4.79 Å². The minimum Gasteiger partial charge on any atom is -0.390 e. The number of hydrogen-bond donors (Lipinski definition) is 2. The predicted molar refractivity (Wildman–Crippen MR) is 69.9 cm³/mol. The maximum absolute atomic E-state index is 12.6. The number of alkyl halides is 2. The molecule has 0 heterocycles. The van der Waals surface area contributed by atoms with Crippen LogP contribution >= 0.6 is 27.7 Å². The van der Waals surface area contributed by atoms with E-state index in [-0.39, 0.29) is 5.75 Å². The Morgan fingerprint density at radius 2 is 2.00 bits per heavy atom. The van der Waals surface area contributed by atoms with Crippen molar-refractivity contribution in [2.24, 2.45) is 0 Å². The van der Waals surface area contributed by atoms with Gasteiger partial charge in [0.25, 0.3) is 5.92 Å². The van der Waals surface area contributed by atoms with Gasteiger partial charge in [0.2, 0.25) is 5.91 Å². The Hall–Kier alpha value is -0.660. The van der Waals surface area contributed by atoms with Crippen molar-refractivity contribution in [1.29, 1.82) is 0 Å². The molecule has 2 N–H and O–H groups in total. The fourth-order valence-corrected chi connectivity index (χ4v) is 2.01. The molecule has 0 aliphatic rings. The minimum atomic E-state index is -3.27. The van der Waals surface area contributed by atoms with Crippen LogP contribution < -0.4 is 5.32 Å². The number of halogens is 3. The molecule has 0 bridgehead atoms. The molecule has 0 saturated carbocycles. The first-order valence-electron chi connectivity index (χ1n) is 5.07. The Bertz CT molecular complexity index is 401. The van der Waals surface area contributed by atoms with Gasteiger partial charge >= 0.3 is 0 Å². The van der Waals surface area contributed by atoms with Crippen molar-refractivity contribution in [3.8, 4) is 0 Å². The monoisotopic (exact) mass is 339 g/mol. The Labute approximate surface area is 116 Å². The van der Waals surface area contributed by atoms with Crippen molar-refractivity contribution in [2.75, 3.05) is 18.9 Å². The average molecular weight is 340 g/mol. The largest absolute Gasteiger partial charge is 0.390 e. The standard InChI is InChI=1S/C11H12BrF2NO2S/c12-8-1-3-9(4-2-8)18-5-10(17)15-6-11(13,14)7-16/h1-4,16H,5-7H2,(H,15,17). The maximum atomic E-state index is 12.6. The van der Waals surface area contributed by atoms with Crippen molar-refractivity contribution in [3.05, 3.63) is 28.7 Å². The lowest BCUT2D eigenvalue weighted by molar-refractivity contribution is -0.121. The van der Waals surface area contributed by atoms with Crippen molar-refractivity contribution >= 4 is 33.6 Å². The van der Waals surface area contributed by atoms with E-state index in [1.807, 2.05) is 24.3 Å². The zero-order chi connectivity index (χ0) is 13.6. The summed E-state index contributed by atoms with van der Waals surface area (Å²) >= 11 is 4.54. The first kappa shape index (κ1) is 15.4. The number of carbonyl (C=O) groups excluding carboxylic acids is 1. The van der Waals surface area contributed by atoms with Crippen molar-refractivity contribution < 1.29 is 18.7 Å². The van der Waals surface area contributed by atoms with Gasteiger partial charge in [0.05, 0.1) is 12.3 Å². The van der Waals surface area contributed by atoms with Crippen molar-refractivity contribution in [3.63, 3.8) is 0 Å². The van der Waals surface area contributed by atoms with E-state index in [1.165, 1.54) is 11.8 Å². The molecule has 1 amide bonds. The molecule has 18 heavy (non-hydrogen) atoms. The summed E-state index contributed by atoms with van der Waals surface area (Å²) in [6.07, 6.45) is 0. The second-order valence-electron chi connectivity index (χ2n) is 3.53. The van der Waals surface area contributed by atoms with E-state index >= 15 is 0 Å². The fourth-order valence-electron chi connectivity index (χ4n) is 1.01. The second kappa shape index (κ2) is 7.06. The molecular formula is C11H12BrF2NO2S. The van der Waals surface area contributed by atoms with E-state index in [0.717, 1.165) is 9.37 Å². The van der Waals surface area contributed by atoms with Crippen molar-refractivity contribution in [1.82, 2.24) is 5.32 Å². The van der Waals surface area contributed by atoms with Crippen LogP contribution in [0.2, 0.25) is 0 Å². The maximum Gasteiger partial charge on any atom is 0.287 e. The first-order chi connectivity index (χ1) is 8.43. The number of rotatable bonds is 6. The van der Waals surface area contributed by atoms with Crippen LogP contribution in [0.3, 0.4) is 0 Å². The van der Waals surface area contributed by atoms with E-state index in [9.17, 15) is 13.6 Å². The molecule has 0 aromatic heterocycles. The number of aliphatic hydroxyl groups is 1. The van der Waals surface area contributed by atoms with Gasteiger partial charge in [0.1, 0.15) is 6.61 Å². The van der Waals surface area contributed by atoms with Crippen LogP contribution in [-0.4, -0.2) is 35.8 Å². The topological polar surface area (TPSA) is 49.3 Å². The van der Waals surface area contributed by atoms with Crippen LogP contribution in [0.15, 0.2) is 33.6 Å². The number of thioether (sulfide) groups is 1. The molecule has 1 rings (SSSR count). The highest BCUT2D eigenvalue weighted by Gasteiger charge is 2.27. The highest BCUT2D eigenvalue weighted by atomic mass is 79.9. The van der Waals surface area contributed by atoms with Gasteiger partial charge in [-0.1, -0.05) is 15.9 Å². The number of benzene rings is 1. The van der Waals surface area contributed by atoms with Gasteiger partial charge < -0.3 is 10.4 Å². The quantitative estimate of drug-likeness (QED) is 0.782. The summed E-state index contributed by atoms with van der Waals surface area (Å²) in [5.41, 5.74) is 0. The highest BCUT2D eigenvalue weighted by molar-refractivity contribution is 9.10. The number of aliphatic hydroxyl groups excluding tert-OH is 1. The smallest absolute Gasteiger partial charge is 0.287 e. The van der Waals surface area contributed by atoms with Crippen molar-refractivity contribution in [2.45, 2.75) is 10.8 Å². The summed E-state index contributed by atoms with van der Waals surface area (Å²) in [5.74, 6) is -3.70. The summed E-state index contributed by atoms with van der Waals surface area (Å²) < 4.78 is 26.2. The first-order valence-corrected chi connectivity index (χ1v) is 6.84.